The minimum atomic E-state index is -0.963. The van der Waals surface area contributed by atoms with Gasteiger partial charge in [-0.05, 0) is 51.4 Å². The smallest absolute Gasteiger partial charge is 0.305 e. The average Bonchev–Trinajstić information content (AvgIpc) is 3.30. The SMILES string of the molecule is O=C(O)C[C@H](NC(=O)c1cc(-c2ccc(-c3ccncc3)cc2)cs1)c1ccccc1. The van der Waals surface area contributed by atoms with Gasteiger partial charge in [-0.15, -0.1) is 11.3 Å². The van der Waals surface area contributed by atoms with E-state index in [0.29, 0.717) is 4.88 Å². The maximum absolute atomic E-state index is 12.8. The molecule has 2 aromatic carbocycles. The maximum Gasteiger partial charge on any atom is 0.305 e. The first-order valence-corrected chi connectivity index (χ1v) is 10.6. The first-order valence-electron chi connectivity index (χ1n) is 9.77. The van der Waals surface area contributed by atoms with Crippen LogP contribution in [0.15, 0.2) is 90.6 Å². The third-order valence-electron chi connectivity index (χ3n) is 4.94. The zero-order chi connectivity index (χ0) is 21.6. The van der Waals surface area contributed by atoms with Gasteiger partial charge in [0.15, 0.2) is 0 Å². The van der Waals surface area contributed by atoms with E-state index < -0.39 is 12.0 Å². The molecular formula is C25H20N2O3S. The Morgan fingerprint density at radius 1 is 0.871 bits per heavy atom. The number of aromatic nitrogens is 1. The molecule has 0 saturated heterocycles. The molecule has 4 rings (SSSR count). The summed E-state index contributed by atoms with van der Waals surface area (Å²) in [5.74, 6) is -1.24. The zero-order valence-corrected chi connectivity index (χ0v) is 17.4. The minimum absolute atomic E-state index is 0.176. The zero-order valence-electron chi connectivity index (χ0n) is 16.6. The van der Waals surface area contributed by atoms with Crippen molar-refractivity contribution in [1.82, 2.24) is 10.3 Å². The number of hydrogen-bond donors (Lipinski definition) is 2. The van der Waals surface area contributed by atoms with Gasteiger partial charge in [0, 0.05) is 12.4 Å². The van der Waals surface area contributed by atoms with E-state index in [-0.39, 0.29) is 12.3 Å². The van der Waals surface area contributed by atoms with E-state index in [1.807, 2.05) is 78.2 Å². The summed E-state index contributed by atoms with van der Waals surface area (Å²) in [4.78, 5) is 28.6. The quantitative estimate of drug-likeness (QED) is 0.412. The molecule has 0 radical (unpaired) electrons. The van der Waals surface area contributed by atoms with E-state index in [4.69, 9.17) is 0 Å². The number of amides is 1. The van der Waals surface area contributed by atoms with Crippen LogP contribution < -0.4 is 5.32 Å². The molecule has 0 aliphatic heterocycles. The molecule has 0 fully saturated rings. The second-order valence-corrected chi connectivity index (χ2v) is 7.96. The van der Waals surface area contributed by atoms with Crippen LogP contribution in [-0.2, 0) is 4.79 Å². The number of carbonyl (C=O) groups is 2. The highest BCUT2D eigenvalue weighted by Crippen LogP contribution is 2.29. The number of hydrogen-bond acceptors (Lipinski definition) is 4. The van der Waals surface area contributed by atoms with Crippen molar-refractivity contribution in [2.45, 2.75) is 12.5 Å². The molecule has 2 aromatic heterocycles. The maximum atomic E-state index is 12.8. The van der Waals surface area contributed by atoms with Crippen LogP contribution in [0.2, 0.25) is 0 Å². The monoisotopic (exact) mass is 428 g/mol. The van der Waals surface area contributed by atoms with Gasteiger partial charge < -0.3 is 10.4 Å². The summed E-state index contributed by atoms with van der Waals surface area (Å²) in [6.07, 6.45) is 3.35. The Labute approximate surface area is 184 Å². The van der Waals surface area contributed by atoms with Crippen molar-refractivity contribution in [3.8, 4) is 22.3 Å². The van der Waals surface area contributed by atoms with Crippen molar-refractivity contribution in [3.05, 3.63) is 101 Å². The molecule has 0 saturated carbocycles. The number of rotatable bonds is 7. The number of nitrogens with one attached hydrogen (secondary N) is 1. The topological polar surface area (TPSA) is 79.3 Å². The molecule has 5 nitrogen and oxygen atoms in total. The number of carboxylic acid groups (broad SMARTS) is 1. The molecule has 0 unspecified atom stereocenters. The van der Waals surface area contributed by atoms with Crippen LogP contribution >= 0.6 is 11.3 Å². The molecule has 2 N–H and O–H groups in total. The summed E-state index contributed by atoms with van der Waals surface area (Å²) in [5.41, 5.74) is 4.92. The lowest BCUT2D eigenvalue weighted by Crippen LogP contribution is -2.29. The standard InChI is InChI=1S/C25H20N2O3S/c28-24(29)15-22(20-4-2-1-3-5-20)27-25(30)23-14-21(16-31-23)18-8-6-17(7-9-18)19-10-12-26-13-11-19/h1-14,16,22H,15H2,(H,27,30)(H,28,29)/t22-/m0/s1. The van der Waals surface area contributed by atoms with Gasteiger partial charge in [0.25, 0.3) is 5.91 Å². The Bertz CT molecular complexity index is 1170. The summed E-state index contributed by atoms with van der Waals surface area (Å²) in [5, 5.41) is 14.0. The van der Waals surface area contributed by atoms with Crippen LogP contribution in [0.3, 0.4) is 0 Å². The minimum Gasteiger partial charge on any atom is -0.481 e. The van der Waals surface area contributed by atoms with Crippen molar-refractivity contribution < 1.29 is 14.7 Å². The van der Waals surface area contributed by atoms with Gasteiger partial charge >= 0.3 is 5.97 Å². The average molecular weight is 429 g/mol. The highest BCUT2D eigenvalue weighted by atomic mass is 32.1. The number of thiophene rings is 1. The summed E-state index contributed by atoms with van der Waals surface area (Å²) in [6, 6.07) is 22.5. The largest absolute Gasteiger partial charge is 0.481 e. The van der Waals surface area contributed by atoms with Gasteiger partial charge in [0.2, 0.25) is 0 Å². The number of benzene rings is 2. The highest BCUT2D eigenvalue weighted by molar-refractivity contribution is 7.12. The molecule has 0 aliphatic carbocycles. The third kappa shape index (κ3) is 5.05. The van der Waals surface area contributed by atoms with Crippen LogP contribution in [0, 0.1) is 0 Å². The summed E-state index contributed by atoms with van der Waals surface area (Å²) in [6.45, 7) is 0. The lowest BCUT2D eigenvalue weighted by atomic mass is 10.0. The van der Waals surface area contributed by atoms with Gasteiger partial charge in [0.05, 0.1) is 17.3 Å². The van der Waals surface area contributed by atoms with E-state index in [1.165, 1.54) is 11.3 Å². The second kappa shape index (κ2) is 9.36. The Hall–Kier alpha value is -3.77. The number of aliphatic carboxylic acids is 1. The van der Waals surface area contributed by atoms with Gasteiger partial charge in [-0.1, -0.05) is 54.6 Å². The molecule has 0 spiro atoms. The normalized spacial score (nSPS) is 11.6. The summed E-state index contributed by atoms with van der Waals surface area (Å²) >= 11 is 1.34. The van der Waals surface area contributed by atoms with Crippen LogP contribution in [0.1, 0.15) is 27.7 Å². The molecular weight excluding hydrogens is 408 g/mol. The molecule has 4 aromatic rings. The Morgan fingerprint density at radius 3 is 2.13 bits per heavy atom. The Kier molecular flexibility index (Phi) is 6.19. The predicted octanol–water partition coefficient (Wildman–Crippen LogP) is 5.42. The van der Waals surface area contributed by atoms with Crippen molar-refractivity contribution in [3.63, 3.8) is 0 Å². The number of pyridine rings is 1. The lowest BCUT2D eigenvalue weighted by Gasteiger charge is -2.16. The molecule has 6 heteroatoms. The van der Waals surface area contributed by atoms with Crippen molar-refractivity contribution >= 4 is 23.2 Å². The molecule has 2 heterocycles. The van der Waals surface area contributed by atoms with Crippen LogP contribution in [0.4, 0.5) is 0 Å². The lowest BCUT2D eigenvalue weighted by molar-refractivity contribution is -0.137. The van der Waals surface area contributed by atoms with E-state index in [1.54, 1.807) is 12.4 Å². The highest BCUT2D eigenvalue weighted by Gasteiger charge is 2.20. The Balaban J connectivity index is 1.50. The molecule has 31 heavy (non-hydrogen) atoms. The second-order valence-electron chi connectivity index (χ2n) is 7.05. The predicted molar refractivity (Wildman–Crippen MR) is 122 cm³/mol. The van der Waals surface area contributed by atoms with Crippen molar-refractivity contribution in [2.75, 3.05) is 0 Å². The molecule has 1 amide bonds. The Morgan fingerprint density at radius 2 is 1.48 bits per heavy atom. The summed E-state index contributed by atoms with van der Waals surface area (Å²) < 4.78 is 0. The van der Waals surface area contributed by atoms with Crippen LogP contribution in [-0.4, -0.2) is 22.0 Å². The molecule has 0 bridgehead atoms. The first kappa shape index (κ1) is 20.5. The molecule has 0 aliphatic rings. The summed E-state index contributed by atoms with van der Waals surface area (Å²) in [7, 11) is 0. The van der Waals surface area contributed by atoms with Gasteiger partial charge in [-0.25, -0.2) is 0 Å². The molecule has 154 valence electrons. The first-order chi connectivity index (χ1) is 15.1. The fraction of sp³-hybridized carbons (Fsp3) is 0.0800. The van der Waals surface area contributed by atoms with Crippen molar-refractivity contribution in [1.29, 1.82) is 0 Å². The van der Waals surface area contributed by atoms with Crippen molar-refractivity contribution in [2.24, 2.45) is 0 Å². The van der Waals surface area contributed by atoms with E-state index in [2.05, 4.69) is 10.3 Å². The van der Waals surface area contributed by atoms with Gasteiger partial charge in [0.1, 0.15) is 0 Å². The van der Waals surface area contributed by atoms with Gasteiger partial charge in [-0.3, -0.25) is 14.6 Å². The number of carboxylic acids is 1. The van der Waals surface area contributed by atoms with Gasteiger partial charge in [-0.2, -0.15) is 0 Å². The molecule has 1 atom stereocenters. The fourth-order valence-electron chi connectivity index (χ4n) is 3.35. The van der Waals surface area contributed by atoms with Crippen LogP contribution in [0.5, 0.6) is 0 Å². The van der Waals surface area contributed by atoms with E-state index in [0.717, 1.165) is 27.8 Å². The third-order valence-corrected chi connectivity index (χ3v) is 5.87. The van der Waals surface area contributed by atoms with E-state index in [9.17, 15) is 14.7 Å². The fourth-order valence-corrected chi connectivity index (χ4v) is 4.17. The van der Waals surface area contributed by atoms with E-state index >= 15 is 0 Å². The number of carbonyl (C=O) groups excluding carboxylic acids is 1. The van der Waals surface area contributed by atoms with Crippen LogP contribution in [0.25, 0.3) is 22.3 Å². The number of nitrogens with zero attached hydrogens (tertiary/aromatic N) is 1.